The summed E-state index contributed by atoms with van der Waals surface area (Å²) in [5.74, 6) is -0.0150. The van der Waals surface area contributed by atoms with Crippen molar-refractivity contribution < 1.29 is 9.53 Å². The fourth-order valence-electron chi connectivity index (χ4n) is 5.36. The van der Waals surface area contributed by atoms with Gasteiger partial charge in [-0.1, -0.05) is 140 Å². The maximum atomic E-state index is 12.4. The van der Waals surface area contributed by atoms with Gasteiger partial charge >= 0.3 is 5.97 Å². The summed E-state index contributed by atoms with van der Waals surface area (Å²) in [5, 5.41) is 0. The standard InChI is InChI=1S/C39H73NO2/c1-3-5-7-9-11-13-15-17-19-21-23-25-27-29-31-35-38(42-39(41)36-32-33-37-40)34-30-28-26-24-22-20-18-16-14-12-10-8-6-4-2/h8-11,15,17,38H,3-7,12-14,16,18-37,40H2,1-2H3/b10-8-,11-9-,17-15-. The maximum Gasteiger partial charge on any atom is 0.306 e. The zero-order valence-electron chi connectivity index (χ0n) is 28.4. The second-order valence-corrected chi connectivity index (χ2v) is 12.4. The smallest absolute Gasteiger partial charge is 0.306 e. The van der Waals surface area contributed by atoms with Crippen LogP contribution in [-0.4, -0.2) is 18.6 Å². The van der Waals surface area contributed by atoms with Crippen LogP contribution in [0, 0.1) is 0 Å². The van der Waals surface area contributed by atoms with E-state index in [4.69, 9.17) is 10.5 Å². The van der Waals surface area contributed by atoms with E-state index in [2.05, 4.69) is 50.3 Å². The summed E-state index contributed by atoms with van der Waals surface area (Å²) in [6, 6.07) is 0. The normalized spacial score (nSPS) is 12.7. The Balaban J connectivity index is 3.92. The van der Waals surface area contributed by atoms with Gasteiger partial charge in [-0.15, -0.1) is 0 Å². The SMILES string of the molecule is CCC/C=C\CCCCCCCCCCCC(CCCCCCCC/C=C\C/C=C\CCCC)OC(=O)CCCCN. The fraction of sp³-hybridized carbons (Fsp3) is 0.821. The van der Waals surface area contributed by atoms with Gasteiger partial charge in [0.1, 0.15) is 6.10 Å². The van der Waals surface area contributed by atoms with Crippen molar-refractivity contribution in [2.24, 2.45) is 5.73 Å². The topological polar surface area (TPSA) is 52.3 Å². The van der Waals surface area contributed by atoms with Crippen LogP contribution in [0.15, 0.2) is 36.5 Å². The molecule has 0 heterocycles. The molecule has 0 aliphatic carbocycles. The molecule has 0 aliphatic heterocycles. The van der Waals surface area contributed by atoms with E-state index in [1.54, 1.807) is 0 Å². The van der Waals surface area contributed by atoms with E-state index in [9.17, 15) is 4.79 Å². The van der Waals surface area contributed by atoms with Crippen molar-refractivity contribution in [3.05, 3.63) is 36.5 Å². The van der Waals surface area contributed by atoms with Crippen molar-refractivity contribution in [1.29, 1.82) is 0 Å². The molecule has 0 bridgehead atoms. The Labute approximate surface area is 263 Å². The largest absolute Gasteiger partial charge is 0.462 e. The first-order valence-corrected chi connectivity index (χ1v) is 18.6. The highest BCUT2D eigenvalue weighted by molar-refractivity contribution is 5.69. The second kappa shape index (κ2) is 35.8. The Kier molecular flexibility index (Phi) is 34.7. The number of hydrogen-bond acceptors (Lipinski definition) is 3. The molecule has 0 aliphatic rings. The number of hydrogen-bond donors (Lipinski definition) is 1. The summed E-state index contributed by atoms with van der Waals surface area (Å²) < 4.78 is 5.93. The van der Waals surface area contributed by atoms with E-state index in [1.807, 2.05) is 0 Å². The molecule has 0 radical (unpaired) electrons. The zero-order valence-corrected chi connectivity index (χ0v) is 28.4. The summed E-state index contributed by atoms with van der Waals surface area (Å²) in [7, 11) is 0. The molecule has 3 nitrogen and oxygen atoms in total. The average Bonchev–Trinajstić information content (AvgIpc) is 2.99. The van der Waals surface area contributed by atoms with Gasteiger partial charge in [0.25, 0.3) is 0 Å². The molecule has 42 heavy (non-hydrogen) atoms. The van der Waals surface area contributed by atoms with Gasteiger partial charge in [-0.25, -0.2) is 0 Å². The highest BCUT2D eigenvalue weighted by atomic mass is 16.5. The first-order valence-electron chi connectivity index (χ1n) is 18.6. The molecule has 0 aromatic rings. The molecule has 3 heteroatoms. The molecular weight excluding hydrogens is 514 g/mol. The Morgan fingerprint density at radius 1 is 0.524 bits per heavy atom. The second-order valence-electron chi connectivity index (χ2n) is 12.4. The van der Waals surface area contributed by atoms with Crippen LogP contribution < -0.4 is 5.73 Å². The minimum atomic E-state index is -0.0150. The van der Waals surface area contributed by atoms with E-state index in [-0.39, 0.29) is 12.1 Å². The number of carbonyl (C=O) groups is 1. The molecule has 246 valence electrons. The maximum absolute atomic E-state index is 12.4. The van der Waals surface area contributed by atoms with Crippen LogP contribution in [0.2, 0.25) is 0 Å². The Morgan fingerprint density at radius 3 is 1.48 bits per heavy atom. The van der Waals surface area contributed by atoms with Crippen molar-refractivity contribution in [3.63, 3.8) is 0 Å². The van der Waals surface area contributed by atoms with Crippen LogP contribution in [0.4, 0.5) is 0 Å². The minimum Gasteiger partial charge on any atom is -0.462 e. The summed E-state index contributed by atoms with van der Waals surface area (Å²) in [6.07, 6.45) is 48.0. The van der Waals surface area contributed by atoms with Crippen LogP contribution in [0.3, 0.4) is 0 Å². The number of nitrogens with two attached hydrogens (primary N) is 1. The lowest BCUT2D eigenvalue weighted by molar-refractivity contribution is -0.150. The molecule has 2 N–H and O–H groups in total. The van der Waals surface area contributed by atoms with Crippen LogP contribution >= 0.6 is 0 Å². The van der Waals surface area contributed by atoms with Gasteiger partial charge in [0.05, 0.1) is 0 Å². The lowest BCUT2D eigenvalue weighted by Gasteiger charge is -2.18. The monoisotopic (exact) mass is 588 g/mol. The molecule has 1 atom stereocenters. The number of esters is 1. The van der Waals surface area contributed by atoms with Crippen molar-refractivity contribution >= 4 is 5.97 Å². The molecule has 0 aromatic carbocycles. The van der Waals surface area contributed by atoms with Crippen molar-refractivity contribution in [1.82, 2.24) is 0 Å². The highest BCUT2D eigenvalue weighted by Gasteiger charge is 2.14. The van der Waals surface area contributed by atoms with Gasteiger partial charge < -0.3 is 10.5 Å². The van der Waals surface area contributed by atoms with Gasteiger partial charge in [0, 0.05) is 6.42 Å². The third-order valence-corrected chi connectivity index (χ3v) is 8.13. The lowest BCUT2D eigenvalue weighted by Crippen LogP contribution is -2.18. The first kappa shape index (κ1) is 40.6. The van der Waals surface area contributed by atoms with Gasteiger partial charge in [-0.05, 0) is 90.0 Å². The van der Waals surface area contributed by atoms with Gasteiger partial charge in [0.15, 0.2) is 0 Å². The minimum absolute atomic E-state index is 0.0150. The molecular formula is C39H73NO2. The van der Waals surface area contributed by atoms with E-state index < -0.39 is 0 Å². The predicted molar refractivity (Wildman–Crippen MR) is 187 cm³/mol. The number of ether oxygens (including phenoxy) is 1. The zero-order chi connectivity index (χ0) is 30.6. The lowest BCUT2D eigenvalue weighted by atomic mass is 10.0. The molecule has 0 saturated heterocycles. The first-order chi connectivity index (χ1) is 20.7. The van der Waals surface area contributed by atoms with Crippen LogP contribution in [0.1, 0.15) is 194 Å². The Morgan fingerprint density at radius 2 is 0.976 bits per heavy atom. The van der Waals surface area contributed by atoms with E-state index in [1.165, 1.54) is 141 Å². The summed E-state index contributed by atoms with van der Waals surface area (Å²) in [6.45, 7) is 5.14. The highest BCUT2D eigenvalue weighted by Crippen LogP contribution is 2.18. The number of carbonyl (C=O) groups excluding carboxylic acids is 1. The van der Waals surface area contributed by atoms with E-state index in [0.29, 0.717) is 13.0 Å². The third-order valence-electron chi connectivity index (χ3n) is 8.13. The number of allylic oxidation sites excluding steroid dienone is 6. The van der Waals surface area contributed by atoms with Gasteiger partial charge in [-0.3, -0.25) is 4.79 Å². The van der Waals surface area contributed by atoms with Crippen molar-refractivity contribution in [3.8, 4) is 0 Å². The number of rotatable bonds is 33. The molecule has 1 unspecified atom stereocenters. The Bertz CT molecular complexity index is 624. The fourth-order valence-corrected chi connectivity index (χ4v) is 5.36. The molecule has 0 fully saturated rings. The van der Waals surface area contributed by atoms with Crippen LogP contribution in [-0.2, 0) is 9.53 Å². The summed E-state index contributed by atoms with van der Waals surface area (Å²) in [5.41, 5.74) is 5.59. The Hall–Kier alpha value is -1.35. The molecule has 0 saturated carbocycles. The van der Waals surface area contributed by atoms with Crippen LogP contribution in [0.25, 0.3) is 0 Å². The molecule has 0 amide bonds. The average molecular weight is 588 g/mol. The van der Waals surface area contributed by atoms with Gasteiger partial charge in [0.2, 0.25) is 0 Å². The predicted octanol–water partition coefficient (Wildman–Crippen LogP) is 12.5. The third kappa shape index (κ3) is 33.2. The number of unbranched alkanes of at least 4 members (excludes halogenated alkanes) is 19. The van der Waals surface area contributed by atoms with Crippen LogP contribution in [0.5, 0.6) is 0 Å². The van der Waals surface area contributed by atoms with Gasteiger partial charge in [-0.2, -0.15) is 0 Å². The summed E-state index contributed by atoms with van der Waals surface area (Å²) in [4.78, 5) is 12.4. The van der Waals surface area contributed by atoms with E-state index >= 15 is 0 Å². The van der Waals surface area contributed by atoms with Crippen molar-refractivity contribution in [2.45, 2.75) is 200 Å². The summed E-state index contributed by atoms with van der Waals surface area (Å²) >= 11 is 0. The van der Waals surface area contributed by atoms with E-state index in [0.717, 1.165) is 32.1 Å². The van der Waals surface area contributed by atoms with Crippen molar-refractivity contribution in [2.75, 3.05) is 6.54 Å². The molecule has 0 rings (SSSR count). The quantitative estimate of drug-likeness (QED) is 0.0472. The molecule has 0 spiro atoms. The molecule has 0 aromatic heterocycles.